The Bertz CT molecular complexity index is 541. The SMILES string of the molecule is CCOCSc1nnc2ccc(C(F)(F)F)cn12. The van der Waals surface area contributed by atoms with E-state index in [2.05, 4.69) is 10.2 Å². The molecule has 0 saturated heterocycles. The van der Waals surface area contributed by atoms with Crippen LogP contribution in [0.4, 0.5) is 13.2 Å². The van der Waals surface area contributed by atoms with E-state index in [4.69, 9.17) is 4.74 Å². The van der Waals surface area contributed by atoms with Crippen LogP contribution in [0.2, 0.25) is 0 Å². The molecule has 0 unspecified atom stereocenters. The third-order valence-corrected chi connectivity index (χ3v) is 2.99. The number of hydrogen-bond acceptors (Lipinski definition) is 4. The lowest BCUT2D eigenvalue weighted by atomic mass is 10.3. The highest BCUT2D eigenvalue weighted by Crippen LogP contribution is 2.30. The summed E-state index contributed by atoms with van der Waals surface area (Å²) in [7, 11) is 0. The average molecular weight is 277 g/mol. The summed E-state index contributed by atoms with van der Waals surface area (Å²) < 4.78 is 44.1. The Kier molecular flexibility index (Phi) is 3.76. The fourth-order valence-electron chi connectivity index (χ4n) is 1.31. The molecule has 0 aliphatic carbocycles. The van der Waals surface area contributed by atoms with Crippen LogP contribution < -0.4 is 0 Å². The number of alkyl halides is 3. The first-order chi connectivity index (χ1) is 8.52. The predicted octanol–water partition coefficient (Wildman–Crippen LogP) is 2.83. The van der Waals surface area contributed by atoms with Crippen molar-refractivity contribution < 1.29 is 17.9 Å². The van der Waals surface area contributed by atoms with Gasteiger partial charge in [0.05, 0.1) is 11.5 Å². The van der Waals surface area contributed by atoms with Crippen LogP contribution in [0.15, 0.2) is 23.5 Å². The second kappa shape index (κ2) is 5.15. The highest BCUT2D eigenvalue weighted by atomic mass is 32.2. The first kappa shape index (κ1) is 13.2. The van der Waals surface area contributed by atoms with Crippen molar-refractivity contribution in [3.63, 3.8) is 0 Å². The van der Waals surface area contributed by atoms with Gasteiger partial charge in [-0.25, -0.2) is 0 Å². The van der Waals surface area contributed by atoms with E-state index in [-0.39, 0.29) is 0 Å². The van der Waals surface area contributed by atoms with E-state index >= 15 is 0 Å². The molecule has 98 valence electrons. The standard InChI is InChI=1S/C10H10F3N3OS/c1-2-17-6-18-9-15-14-8-4-3-7(5-16(8)9)10(11,12)13/h3-5H,2,6H2,1H3. The molecule has 0 bridgehead atoms. The van der Waals surface area contributed by atoms with Crippen LogP contribution in [0.25, 0.3) is 5.65 Å². The van der Waals surface area contributed by atoms with Crippen LogP contribution in [-0.2, 0) is 10.9 Å². The largest absolute Gasteiger partial charge is 0.417 e. The second-order valence-corrected chi connectivity index (χ2v) is 4.27. The lowest BCUT2D eigenvalue weighted by Crippen LogP contribution is -2.06. The maximum Gasteiger partial charge on any atom is 0.417 e. The Balaban J connectivity index is 2.31. The number of halogens is 3. The van der Waals surface area contributed by atoms with Crippen LogP contribution in [0, 0.1) is 0 Å². The number of pyridine rings is 1. The average Bonchev–Trinajstić information content (AvgIpc) is 2.71. The molecule has 0 radical (unpaired) electrons. The summed E-state index contributed by atoms with van der Waals surface area (Å²) in [5, 5.41) is 7.99. The Morgan fingerprint density at radius 2 is 2.11 bits per heavy atom. The zero-order valence-electron chi connectivity index (χ0n) is 9.44. The molecule has 0 N–H and O–H groups in total. The molecular formula is C10H10F3N3OS. The maximum atomic E-state index is 12.6. The topological polar surface area (TPSA) is 39.4 Å². The van der Waals surface area contributed by atoms with Crippen LogP contribution in [-0.4, -0.2) is 27.1 Å². The monoisotopic (exact) mass is 277 g/mol. The molecule has 2 heterocycles. The van der Waals surface area contributed by atoms with E-state index < -0.39 is 11.7 Å². The summed E-state index contributed by atoms with van der Waals surface area (Å²) in [6.45, 7) is 2.38. The van der Waals surface area contributed by atoms with E-state index in [1.165, 1.54) is 22.2 Å². The first-order valence-electron chi connectivity index (χ1n) is 5.15. The van der Waals surface area contributed by atoms with E-state index in [0.717, 1.165) is 12.3 Å². The van der Waals surface area contributed by atoms with Crippen molar-refractivity contribution in [3.05, 3.63) is 23.9 Å². The van der Waals surface area contributed by atoms with Gasteiger partial charge in [-0.15, -0.1) is 10.2 Å². The van der Waals surface area contributed by atoms with E-state index in [0.29, 0.717) is 23.3 Å². The lowest BCUT2D eigenvalue weighted by Gasteiger charge is -2.07. The van der Waals surface area contributed by atoms with Gasteiger partial charge in [0, 0.05) is 12.8 Å². The molecule has 0 saturated carbocycles. The molecule has 0 atom stereocenters. The molecule has 2 aromatic heterocycles. The normalized spacial score (nSPS) is 12.2. The summed E-state index contributed by atoms with van der Waals surface area (Å²) in [5.41, 5.74) is -0.352. The minimum Gasteiger partial charge on any atom is -0.371 e. The van der Waals surface area contributed by atoms with Gasteiger partial charge in [-0.1, -0.05) is 11.8 Å². The summed E-state index contributed by atoms with van der Waals surface area (Å²) in [4.78, 5) is 0. The molecule has 18 heavy (non-hydrogen) atoms. The third kappa shape index (κ3) is 2.75. The second-order valence-electron chi connectivity index (χ2n) is 3.38. The zero-order chi connectivity index (χ0) is 13.2. The molecule has 0 amide bonds. The summed E-state index contributed by atoms with van der Waals surface area (Å²) >= 11 is 1.20. The molecule has 0 aliphatic rings. The number of fused-ring (bicyclic) bond motifs is 1. The highest BCUT2D eigenvalue weighted by molar-refractivity contribution is 7.99. The number of aromatic nitrogens is 3. The Morgan fingerprint density at radius 1 is 1.33 bits per heavy atom. The highest BCUT2D eigenvalue weighted by Gasteiger charge is 2.31. The predicted molar refractivity (Wildman–Crippen MR) is 60.3 cm³/mol. The first-order valence-corrected chi connectivity index (χ1v) is 6.13. The van der Waals surface area contributed by atoms with Gasteiger partial charge in [-0.3, -0.25) is 4.40 Å². The number of rotatable bonds is 4. The van der Waals surface area contributed by atoms with Gasteiger partial charge in [0.2, 0.25) is 0 Å². The Labute approximate surface area is 105 Å². The molecule has 8 heteroatoms. The summed E-state index contributed by atoms with van der Waals surface area (Å²) in [5.74, 6) is 0.327. The third-order valence-electron chi connectivity index (χ3n) is 2.17. The van der Waals surface area contributed by atoms with Crippen molar-refractivity contribution in [2.24, 2.45) is 0 Å². The molecule has 0 aliphatic heterocycles. The van der Waals surface area contributed by atoms with Crippen LogP contribution in [0.5, 0.6) is 0 Å². The lowest BCUT2D eigenvalue weighted by molar-refractivity contribution is -0.137. The van der Waals surface area contributed by atoms with Crippen molar-refractivity contribution in [2.75, 3.05) is 12.5 Å². The molecule has 0 aromatic carbocycles. The van der Waals surface area contributed by atoms with Gasteiger partial charge in [-0.2, -0.15) is 13.2 Å². The fourth-order valence-corrected chi connectivity index (χ4v) is 2.05. The molecule has 0 fully saturated rings. The fraction of sp³-hybridized carbons (Fsp3) is 0.400. The van der Waals surface area contributed by atoms with Crippen LogP contribution in [0.3, 0.4) is 0 Å². The van der Waals surface area contributed by atoms with Gasteiger partial charge in [0.1, 0.15) is 0 Å². The van der Waals surface area contributed by atoms with Crippen molar-refractivity contribution in [1.82, 2.24) is 14.6 Å². The number of thioether (sulfide) groups is 1. The Morgan fingerprint density at radius 3 is 2.78 bits per heavy atom. The van der Waals surface area contributed by atoms with Crippen LogP contribution in [0.1, 0.15) is 12.5 Å². The Hall–Kier alpha value is -1.28. The molecular weight excluding hydrogens is 267 g/mol. The minimum absolute atomic E-state index is 0.327. The number of ether oxygens (including phenoxy) is 1. The smallest absolute Gasteiger partial charge is 0.371 e. The van der Waals surface area contributed by atoms with Crippen molar-refractivity contribution >= 4 is 17.4 Å². The quantitative estimate of drug-likeness (QED) is 0.489. The van der Waals surface area contributed by atoms with Gasteiger partial charge in [-0.05, 0) is 19.1 Å². The van der Waals surface area contributed by atoms with Crippen LogP contribution >= 0.6 is 11.8 Å². The maximum absolute atomic E-state index is 12.6. The number of nitrogens with zero attached hydrogens (tertiary/aromatic N) is 3. The van der Waals surface area contributed by atoms with Gasteiger partial charge in [0.25, 0.3) is 0 Å². The zero-order valence-corrected chi connectivity index (χ0v) is 10.3. The van der Waals surface area contributed by atoms with E-state index in [1.807, 2.05) is 6.92 Å². The summed E-state index contributed by atoms with van der Waals surface area (Å²) in [6.07, 6.45) is -3.38. The minimum atomic E-state index is -4.37. The van der Waals surface area contributed by atoms with Gasteiger partial charge >= 0.3 is 6.18 Å². The van der Waals surface area contributed by atoms with Crippen molar-refractivity contribution in [1.29, 1.82) is 0 Å². The van der Waals surface area contributed by atoms with Gasteiger partial charge < -0.3 is 4.74 Å². The van der Waals surface area contributed by atoms with Crippen molar-refractivity contribution in [2.45, 2.75) is 18.3 Å². The molecule has 2 aromatic rings. The molecule has 2 rings (SSSR count). The van der Waals surface area contributed by atoms with E-state index in [9.17, 15) is 13.2 Å². The van der Waals surface area contributed by atoms with Gasteiger partial charge in [0.15, 0.2) is 10.8 Å². The van der Waals surface area contributed by atoms with Crippen molar-refractivity contribution in [3.8, 4) is 0 Å². The molecule has 4 nitrogen and oxygen atoms in total. The molecule has 0 spiro atoms. The van der Waals surface area contributed by atoms with E-state index in [1.54, 1.807) is 0 Å². The number of hydrogen-bond donors (Lipinski definition) is 0. The summed E-state index contributed by atoms with van der Waals surface area (Å²) in [6, 6.07) is 2.28.